The first kappa shape index (κ1) is 14.3. The molecule has 0 bridgehead atoms. The minimum Gasteiger partial charge on any atom is -0.399 e. The fraction of sp³-hybridized carbons (Fsp3) is 0.538. The van der Waals surface area contributed by atoms with Gasteiger partial charge in [-0.1, -0.05) is 6.92 Å². The maximum Gasteiger partial charge on any atom is 0.244 e. The molecule has 0 spiro atoms. The van der Waals surface area contributed by atoms with E-state index < -0.39 is 21.4 Å². The van der Waals surface area contributed by atoms with E-state index in [1.165, 1.54) is 19.1 Å². The zero-order valence-electron chi connectivity index (χ0n) is 11.2. The Balaban J connectivity index is 2.40. The molecule has 106 valence electrons. The second-order valence-corrected chi connectivity index (χ2v) is 6.89. The Labute approximate surface area is 113 Å². The van der Waals surface area contributed by atoms with E-state index in [1.54, 1.807) is 0 Å². The summed E-state index contributed by atoms with van der Waals surface area (Å²) < 4.78 is 41.3. The molecule has 1 saturated carbocycles. The van der Waals surface area contributed by atoms with Gasteiger partial charge in [0.25, 0.3) is 0 Å². The average Bonchev–Trinajstić information content (AvgIpc) is 2.28. The van der Waals surface area contributed by atoms with Crippen molar-refractivity contribution in [2.45, 2.75) is 50.0 Å². The molecule has 4 nitrogen and oxygen atoms in total. The Bertz CT molecular complexity index is 589. The minimum absolute atomic E-state index is 0.236. The lowest BCUT2D eigenvalue weighted by atomic mass is 9.76. The van der Waals surface area contributed by atoms with Gasteiger partial charge in [-0.3, -0.25) is 0 Å². The Morgan fingerprint density at radius 1 is 1.42 bits per heavy atom. The number of rotatable bonds is 4. The summed E-state index contributed by atoms with van der Waals surface area (Å²) in [5, 5.41) is 0. The van der Waals surface area contributed by atoms with Gasteiger partial charge in [0, 0.05) is 11.2 Å². The molecule has 6 heteroatoms. The predicted octanol–water partition coefficient (Wildman–Crippen LogP) is 2.33. The van der Waals surface area contributed by atoms with Crippen LogP contribution in [0.25, 0.3) is 0 Å². The lowest BCUT2D eigenvalue weighted by molar-refractivity contribution is 0.213. The molecule has 3 N–H and O–H groups in total. The molecule has 1 aliphatic carbocycles. The van der Waals surface area contributed by atoms with Crippen LogP contribution in [0.5, 0.6) is 0 Å². The van der Waals surface area contributed by atoms with E-state index in [9.17, 15) is 12.8 Å². The molecule has 2 rings (SSSR count). The Kier molecular flexibility index (Phi) is 3.57. The maximum atomic E-state index is 14.0. The van der Waals surface area contributed by atoms with Crippen molar-refractivity contribution in [2.24, 2.45) is 0 Å². The fourth-order valence-corrected chi connectivity index (χ4v) is 4.15. The third-order valence-corrected chi connectivity index (χ3v) is 5.45. The third-order valence-electron chi connectivity index (χ3n) is 3.87. The number of benzene rings is 1. The third kappa shape index (κ3) is 2.60. The number of nitrogen functional groups attached to an aromatic ring is 1. The van der Waals surface area contributed by atoms with Gasteiger partial charge in [-0.2, -0.15) is 0 Å². The maximum absolute atomic E-state index is 14.0. The molecule has 0 aromatic heterocycles. The first-order chi connectivity index (χ1) is 8.80. The molecule has 0 aliphatic heterocycles. The smallest absolute Gasteiger partial charge is 0.244 e. The van der Waals surface area contributed by atoms with Crippen LogP contribution >= 0.6 is 0 Å². The molecule has 0 unspecified atom stereocenters. The number of halogens is 1. The van der Waals surface area contributed by atoms with Crippen molar-refractivity contribution < 1.29 is 12.8 Å². The minimum atomic E-state index is -3.87. The van der Waals surface area contributed by atoms with Crippen LogP contribution in [-0.2, 0) is 10.0 Å². The lowest BCUT2D eigenvalue weighted by Crippen LogP contribution is -2.52. The highest BCUT2D eigenvalue weighted by molar-refractivity contribution is 7.89. The highest BCUT2D eigenvalue weighted by Gasteiger charge is 2.39. The van der Waals surface area contributed by atoms with Crippen LogP contribution < -0.4 is 10.5 Å². The number of hydrogen-bond acceptors (Lipinski definition) is 3. The highest BCUT2D eigenvalue weighted by Crippen LogP contribution is 2.36. The van der Waals surface area contributed by atoms with Gasteiger partial charge in [0.15, 0.2) is 0 Å². The quantitative estimate of drug-likeness (QED) is 0.834. The molecule has 1 aromatic carbocycles. The molecule has 0 radical (unpaired) electrons. The van der Waals surface area contributed by atoms with Crippen molar-refractivity contribution in [3.8, 4) is 0 Å². The molecule has 0 heterocycles. The van der Waals surface area contributed by atoms with Crippen molar-refractivity contribution in [1.29, 1.82) is 0 Å². The van der Waals surface area contributed by atoms with Gasteiger partial charge < -0.3 is 5.73 Å². The molecule has 19 heavy (non-hydrogen) atoms. The van der Waals surface area contributed by atoms with Crippen LogP contribution in [0.15, 0.2) is 17.0 Å². The molecule has 0 atom stereocenters. The number of nitrogens with two attached hydrogens (primary N) is 1. The molecule has 1 fully saturated rings. The van der Waals surface area contributed by atoms with Crippen LogP contribution in [0.2, 0.25) is 0 Å². The van der Waals surface area contributed by atoms with Gasteiger partial charge in [0.05, 0.1) is 0 Å². The number of aryl methyl sites for hydroxylation is 1. The van der Waals surface area contributed by atoms with Gasteiger partial charge in [-0.15, -0.1) is 0 Å². The summed E-state index contributed by atoms with van der Waals surface area (Å²) in [7, 11) is -3.87. The monoisotopic (exact) mass is 286 g/mol. The number of sulfonamides is 1. The standard InChI is InChI=1S/C13H19FN2O2S/c1-3-13(5-4-6-13)16-19(17,18)11-8-10(15)7-9(2)12(11)14/h7-8,16H,3-6,15H2,1-2H3. The van der Waals surface area contributed by atoms with Gasteiger partial charge in [-0.25, -0.2) is 17.5 Å². The van der Waals surface area contributed by atoms with Crippen LogP contribution in [0.1, 0.15) is 38.2 Å². The van der Waals surface area contributed by atoms with Crippen LogP contribution in [0.3, 0.4) is 0 Å². The molecular formula is C13H19FN2O2S. The average molecular weight is 286 g/mol. The summed E-state index contributed by atoms with van der Waals surface area (Å²) in [6.45, 7) is 3.44. The number of anilines is 1. The van der Waals surface area contributed by atoms with Crippen LogP contribution in [0.4, 0.5) is 10.1 Å². The second kappa shape index (κ2) is 4.76. The lowest BCUT2D eigenvalue weighted by Gasteiger charge is -2.41. The first-order valence-electron chi connectivity index (χ1n) is 6.39. The Morgan fingerprint density at radius 3 is 2.53 bits per heavy atom. The second-order valence-electron chi connectivity index (χ2n) is 5.24. The SMILES string of the molecule is CCC1(NS(=O)(=O)c2cc(N)cc(C)c2F)CCC1. The number of hydrogen-bond donors (Lipinski definition) is 2. The van der Waals surface area contributed by atoms with Gasteiger partial charge in [0.2, 0.25) is 10.0 Å². The molecule has 1 aliphatic rings. The Morgan fingerprint density at radius 2 is 2.05 bits per heavy atom. The molecule has 0 saturated heterocycles. The zero-order chi connectivity index (χ0) is 14.3. The van der Waals surface area contributed by atoms with Gasteiger partial charge >= 0.3 is 0 Å². The van der Waals surface area contributed by atoms with Gasteiger partial charge in [0.1, 0.15) is 10.7 Å². The highest BCUT2D eigenvalue weighted by atomic mass is 32.2. The summed E-state index contributed by atoms with van der Waals surface area (Å²) in [6, 6.07) is 2.60. The zero-order valence-corrected chi connectivity index (χ0v) is 12.0. The summed E-state index contributed by atoms with van der Waals surface area (Å²) in [6.07, 6.45) is 3.29. The number of nitrogens with one attached hydrogen (secondary N) is 1. The van der Waals surface area contributed by atoms with E-state index in [2.05, 4.69) is 4.72 Å². The first-order valence-corrected chi connectivity index (χ1v) is 7.87. The molecular weight excluding hydrogens is 267 g/mol. The van der Waals surface area contributed by atoms with E-state index in [-0.39, 0.29) is 16.1 Å². The van der Waals surface area contributed by atoms with E-state index >= 15 is 0 Å². The molecule has 0 amide bonds. The van der Waals surface area contributed by atoms with Crippen molar-refractivity contribution >= 4 is 15.7 Å². The fourth-order valence-electron chi connectivity index (χ4n) is 2.43. The van der Waals surface area contributed by atoms with E-state index in [0.717, 1.165) is 19.3 Å². The summed E-state index contributed by atoms with van der Waals surface area (Å²) in [5.74, 6) is -0.729. The van der Waals surface area contributed by atoms with Gasteiger partial charge in [-0.05, 0) is 50.3 Å². The van der Waals surface area contributed by atoms with Crippen LogP contribution in [-0.4, -0.2) is 14.0 Å². The summed E-state index contributed by atoms with van der Waals surface area (Å²) in [4.78, 5) is -0.357. The van der Waals surface area contributed by atoms with Crippen LogP contribution in [0, 0.1) is 12.7 Å². The van der Waals surface area contributed by atoms with Crippen molar-refractivity contribution in [2.75, 3.05) is 5.73 Å². The van der Waals surface area contributed by atoms with Crippen molar-refractivity contribution in [3.63, 3.8) is 0 Å². The van der Waals surface area contributed by atoms with E-state index in [0.29, 0.717) is 6.42 Å². The summed E-state index contributed by atoms with van der Waals surface area (Å²) in [5.41, 5.74) is 5.68. The largest absolute Gasteiger partial charge is 0.399 e. The predicted molar refractivity (Wildman–Crippen MR) is 72.7 cm³/mol. The topological polar surface area (TPSA) is 72.2 Å². The van der Waals surface area contributed by atoms with E-state index in [4.69, 9.17) is 5.73 Å². The van der Waals surface area contributed by atoms with Crippen molar-refractivity contribution in [1.82, 2.24) is 4.72 Å². The Hall–Kier alpha value is -1.14. The van der Waals surface area contributed by atoms with E-state index in [1.807, 2.05) is 6.92 Å². The van der Waals surface area contributed by atoms with Crippen molar-refractivity contribution in [3.05, 3.63) is 23.5 Å². The molecule has 1 aromatic rings. The normalized spacial score (nSPS) is 18.1. The summed E-state index contributed by atoms with van der Waals surface area (Å²) >= 11 is 0.